The maximum Gasteiger partial charge on any atom is 0.387 e. The highest BCUT2D eigenvalue weighted by atomic mass is 35.5. The minimum absolute atomic E-state index is 0.0274. The molecule has 0 heterocycles. The van der Waals surface area contributed by atoms with E-state index in [2.05, 4.69) is 10.8 Å². The first-order valence-electron chi connectivity index (χ1n) is 2.80. The Labute approximate surface area is 67.5 Å². The van der Waals surface area contributed by atoms with Gasteiger partial charge in [-0.2, -0.15) is 8.78 Å². The zero-order valence-corrected chi connectivity index (χ0v) is 6.11. The Morgan fingerprint density at radius 1 is 1.55 bits per heavy atom. The first-order chi connectivity index (χ1) is 5.20. The molecule has 0 aliphatic heterocycles. The van der Waals surface area contributed by atoms with Gasteiger partial charge in [0.25, 0.3) is 0 Å². The van der Waals surface area contributed by atoms with Crippen LogP contribution in [0.3, 0.4) is 0 Å². The van der Waals surface area contributed by atoms with Crippen LogP contribution in [0.4, 0.5) is 8.78 Å². The number of halogens is 3. The van der Waals surface area contributed by atoms with E-state index in [4.69, 9.17) is 11.6 Å². The summed E-state index contributed by atoms with van der Waals surface area (Å²) in [7, 11) is 0. The van der Waals surface area contributed by atoms with E-state index in [9.17, 15) is 8.78 Å². The summed E-state index contributed by atoms with van der Waals surface area (Å²) in [5.41, 5.74) is 0. The molecule has 0 atom stereocenters. The number of benzene rings is 1. The summed E-state index contributed by atoms with van der Waals surface area (Å²) in [6.45, 7) is -2.84. The van der Waals surface area contributed by atoms with Crippen LogP contribution in [0.25, 0.3) is 0 Å². The number of rotatable bonds is 2. The first-order valence-corrected chi connectivity index (χ1v) is 3.18. The third kappa shape index (κ3) is 2.35. The molecule has 0 spiro atoms. The average Bonchev–Trinajstić information content (AvgIpc) is 1.93. The van der Waals surface area contributed by atoms with Crippen LogP contribution in [0.5, 0.6) is 5.75 Å². The van der Waals surface area contributed by atoms with Gasteiger partial charge in [0.2, 0.25) is 0 Å². The third-order valence-corrected chi connectivity index (χ3v) is 1.29. The summed E-state index contributed by atoms with van der Waals surface area (Å²) in [6, 6.07) is 6.75. The zero-order chi connectivity index (χ0) is 8.27. The van der Waals surface area contributed by atoms with E-state index in [0.717, 1.165) is 0 Å². The highest BCUT2D eigenvalue weighted by Crippen LogP contribution is 2.24. The van der Waals surface area contributed by atoms with E-state index in [1.807, 2.05) is 0 Å². The van der Waals surface area contributed by atoms with E-state index in [1.165, 1.54) is 18.2 Å². The Bertz CT molecular complexity index is 240. The molecular formula is C7H4ClF2O. The lowest BCUT2D eigenvalue weighted by atomic mass is 10.3. The van der Waals surface area contributed by atoms with Crippen molar-refractivity contribution in [1.29, 1.82) is 0 Å². The van der Waals surface area contributed by atoms with Crippen molar-refractivity contribution < 1.29 is 13.5 Å². The van der Waals surface area contributed by atoms with Crippen molar-refractivity contribution in [1.82, 2.24) is 0 Å². The van der Waals surface area contributed by atoms with Crippen LogP contribution in [-0.4, -0.2) is 6.61 Å². The molecule has 0 N–H and O–H groups in total. The van der Waals surface area contributed by atoms with Crippen molar-refractivity contribution in [2.24, 2.45) is 0 Å². The standard InChI is InChI=1S/C7H4ClF2O/c8-5-3-1-2-4-6(5)11-7(9)10/h2-4,7H. The monoisotopic (exact) mass is 177 g/mol. The van der Waals surface area contributed by atoms with Gasteiger partial charge in [-0.3, -0.25) is 0 Å². The van der Waals surface area contributed by atoms with Crippen LogP contribution in [0.15, 0.2) is 18.2 Å². The fraction of sp³-hybridized carbons (Fsp3) is 0.143. The van der Waals surface area contributed by atoms with Gasteiger partial charge in [-0.05, 0) is 18.2 Å². The van der Waals surface area contributed by atoms with Crippen molar-refractivity contribution >= 4 is 11.6 Å². The lowest BCUT2D eigenvalue weighted by Gasteiger charge is -2.04. The quantitative estimate of drug-likeness (QED) is 0.675. The molecule has 11 heavy (non-hydrogen) atoms. The maximum absolute atomic E-state index is 11.6. The smallest absolute Gasteiger partial charge is 0.387 e. The molecule has 59 valence electrons. The normalized spacial score (nSPS) is 10.2. The van der Waals surface area contributed by atoms with Gasteiger partial charge in [-0.15, -0.1) is 0 Å². The molecular weight excluding hydrogens is 174 g/mol. The second-order valence-electron chi connectivity index (χ2n) is 1.74. The summed E-state index contributed by atoms with van der Waals surface area (Å²) in [4.78, 5) is 0. The Morgan fingerprint density at radius 2 is 2.27 bits per heavy atom. The van der Waals surface area contributed by atoms with Crippen LogP contribution in [-0.2, 0) is 0 Å². The predicted octanol–water partition coefficient (Wildman–Crippen LogP) is 2.74. The van der Waals surface area contributed by atoms with Gasteiger partial charge >= 0.3 is 6.61 Å². The number of ether oxygens (including phenoxy) is 1. The molecule has 0 aliphatic rings. The van der Waals surface area contributed by atoms with Crippen LogP contribution in [0.1, 0.15) is 0 Å². The van der Waals surface area contributed by atoms with Crippen LogP contribution in [0.2, 0.25) is 5.02 Å². The molecule has 0 amide bonds. The van der Waals surface area contributed by atoms with Gasteiger partial charge in [0.15, 0.2) is 0 Å². The minimum Gasteiger partial charge on any atom is -0.433 e. The molecule has 0 fully saturated rings. The molecule has 0 bridgehead atoms. The molecule has 0 aromatic heterocycles. The lowest BCUT2D eigenvalue weighted by Crippen LogP contribution is -2.01. The Balaban J connectivity index is 2.78. The van der Waals surface area contributed by atoms with Crippen molar-refractivity contribution in [3.05, 3.63) is 29.3 Å². The Kier molecular flexibility index (Phi) is 2.65. The van der Waals surface area contributed by atoms with E-state index in [0.29, 0.717) is 0 Å². The topological polar surface area (TPSA) is 9.23 Å². The zero-order valence-electron chi connectivity index (χ0n) is 5.35. The van der Waals surface area contributed by atoms with Gasteiger partial charge in [-0.25, -0.2) is 0 Å². The van der Waals surface area contributed by atoms with Crippen molar-refractivity contribution in [2.75, 3.05) is 0 Å². The van der Waals surface area contributed by atoms with Gasteiger partial charge in [0.05, 0.1) is 5.02 Å². The fourth-order valence-corrected chi connectivity index (χ4v) is 0.758. The molecule has 0 saturated carbocycles. The molecule has 0 saturated heterocycles. The fourth-order valence-electron chi connectivity index (χ4n) is 0.587. The van der Waals surface area contributed by atoms with E-state index >= 15 is 0 Å². The van der Waals surface area contributed by atoms with Gasteiger partial charge in [0, 0.05) is 0 Å². The SMILES string of the molecule is FC(F)Oc1cc[c]cc1Cl. The highest BCUT2D eigenvalue weighted by Gasteiger charge is 2.06. The predicted molar refractivity (Wildman–Crippen MR) is 36.9 cm³/mol. The maximum atomic E-state index is 11.6. The van der Waals surface area contributed by atoms with Crippen LogP contribution >= 0.6 is 11.6 Å². The van der Waals surface area contributed by atoms with Gasteiger partial charge in [-0.1, -0.05) is 17.7 Å². The summed E-state index contributed by atoms with van der Waals surface area (Å²) in [5, 5.41) is 0.132. The molecule has 4 heteroatoms. The molecule has 0 unspecified atom stereocenters. The Morgan fingerprint density at radius 3 is 2.82 bits per heavy atom. The van der Waals surface area contributed by atoms with Crippen LogP contribution in [0, 0.1) is 6.07 Å². The van der Waals surface area contributed by atoms with E-state index in [1.54, 1.807) is 0 Å². The summed E-state index contributed by atoms with van der Waals surface area (Å²) < 4.78 is 27.3. The third-order valence-electron chi connectivity index (χ3n) is 0.992. The molecule has 0 aliphatic carbocycles. The number of alkyl halides is 2. The molecule has 1 aromatic carbocycles. The second-order valence-corrected chi connectivity index (χ2v) is 2.14. The second kappa shape index (κ2) is 3.53. The molecule has 1 rings (SSSR count). The molecule has 1 nitrogen and oxygen atoms in total. The molecule has 1 radical (unpaired) electrons. The van der Waals surface area contributed by atoms with Crippen LogP contribution < -0.4 is 4.74 Å². The van der Waals surface area contributed by atoms with Crippen molar-refractivity contribution in [3.8, 4) is 5.75 Å². The highest BCUT2D eigenvalue weighted by molar-refractivity contribution is 6.32. The summed E-state index contributed by atoms with van der Waals surface area (Å²) >= 11 is 5.48. The number of hydrogen-bond donors (Lipinski definition) is 0. The first kappa shape index (κ1) is 8.27. The number of hydrogen-bond acceptors (Lipinski definition) is 1. The average molecular weight is 178 g/mol. The van der Waals surface area contributed by atoms with E-state index < -0.39 is 6.61 Å². The summed E-state index contributed by atoms with van der Waals surface area (Å²) in [5.74, 6) is -0.0274. The minimum atomic E-state index is -2.84. The van der Waals surface area contributed by atoms with E-state index in [-0.39, 0.29) is 10.8 Å². The van der Waals surface area contributed by atoms with Crippen molar-refractivity contribution in [3.63, 3.8) is 0 Å². The van der Waals surface area contributed by atoms with Gasteiger partial charge < -0.3 is 4.74 Å². The van der Waals surface area contributed by atoms with Crippen molar-refractivity contribution in [2.45, 2.75) is 6.61 Å². The largest absolute Gasteiger partial charge is 0.433 e. The summed E-state index contributed by atoms with van der Waals surface area (Å²) in [6.07, 6.45) is 0. The lowest BCUT2D eigenvalue weighted by molar-refractivity contribution is -0.0497. The molecule has 1 aromatic rings. The Hall–Kier alpha value is -0.830. The van der Waals surface area contributed by atoms with Gasteiger partial charge in [0.1, 0.15) is 5.75 Å².